The molecule has 2 rings (SSSR count). The van der Waals surface area contributed by atoms with Crippen LogP contribution in [0.15, 0.2) is 0 Å². The van der Waals surface area contributed by atoms with E-state index in [-0.39, 0.29) is 12.1 Å². The molecule has 0 spiro atoms. The Balaban J connectivity index is 1.90. The maximum absolute atomic E-state index is 12.1. The lowest BCUT2D eigenvalue weighted by atomic mass is 9.99. The van der Waals surface area contributed by atoms with Crippen molar-refractivity contribution in [1.82, 2.24) is 16.0 Å². The lowest BCUT2D eigenvalue weighted by Gasteiger charge is -2.33. The molecule has 128 valence electrons. The minimum Gasteiger partial charge on any atom is -0.444 e. The van der Waals surface area contributed by atoms with Crippen molar-refractivity contribution >= 4 is 6.09 Å². The highest BCUT2D eigenvalue weighted by Gasteiger charge is 2.29. The Bertz CT molecular complexity index is 348. The molecule has 1 amide bonds. The van der Waals surface area contributed by atoms with Gasteiger partial charge in [-0.05, 0) is 59.5 Å². The van der Waals surface area contributed by atoms with E-state index in [1.54, 1.807) is 0 Å². The van der Waals surface area contributed by atoms with Crippen LogP contribution >= 0.6 is 0 Å². The molecule has 2 fully saturated rings. The first-order chi connectivity index (χ1) is 10.4. The van der Waals surface area contributed by atoms with E-state index in [0.29, 0.717) is 12.1 Å². The van der Waals surface area contributed by atoms with Gasteiger partial charge in [0.05, 0.1) is 0 Å². The van der Waals surface area contributed by atoms with E-state index in [1.807, 2.05) is 20.8 Å². The SMILES string of the molecule is CC(C)(C)OC(=O)NC1CCCCCC1NC1CCNCC1. The summed E-state index contributed by atoms with van der Waals surface area (Å²) in [5.41, 5.74) is -0.438. The predicted molar refractivity (Wildman–Crippen MR) is 89.1 cm³/mol. The standard InChI is InChI=1S/C17H33N3O2/c1-17(2,3)22-16(21)20-15-8-6-4-5-7-14(15)19-13-9-11-18-12-10-13/h13-15,18-19H,4-12H2,1-3H3,(H,20,21). The number of amides is 1. The summed E-state index contributed by atoms with van der Waals surface area (Å²) < 4.78 is 5.43. The van der Waals surface area contributed by atoms with Crippen LogP contribution < -0.4 is 16.0 Å². The number of alkyl carbamates (subject to hydrolysis) is 1. The summed E-state index contributed by atoms with van der Waals surface area (Å²) >= 11 is 0. The molecule has 0 aromatic carbocycles. The molecule has 0 bridgehead atoms. The molecule has 0 radical (unpaired) electrons. The highest BCUT2D eigenvalue weighted by atomic mass is 16.6. The molecule has 5 nitrogen and oxygen atoms in total. The van der Waals surface area contributed by atoms with Gasteiger partial charge in [0.15, 0.2) is 0 Å². The van der Waals surface area contributed by atoms with Crippen molar-refractivity contribution < 1.29 is 9.53 Å². The molecule has 3 N–H and O–H groups in total. The number of piperidine rings is 1. The average Bonchev–Trinajstić information content (AvgIpc) is 2.64. The van der Waals surface area contributed by atoms with Crippen LogP contribution in [0.25, 0.3) is 0 Å². The van der Waals surface area contributed by atoms with Crippen LogP contribution in [0.5, 0.6) is 0 Å². The molecule has 0 aromatic rings. The minimum absolute atomic E-state index is 0.187. The fourth-order valence-electron chi connectivity index (χ4n) is 3.43. The number of carbonyl (C=O) groups is 1. The smallest absolute Gasteiger partial charge is 0.407 e. The fourth-order valence-corrected chi connectivity index (χ4v) is 3.43. The number of hydrogen-bond donors (Lipinski definition) is 3. The van der Waals surface area contributed by atoms with Crippen molar-refractivity contribution in [3.8, 4) is 0 Å². The molecular weight excluding hydrogens is 278 g/mol. The van der Waals surface area contributed by atoms with Gasteiger partial charge in [0.25, 0.3) is 0 Å². The zero-order valence-corrected chi connectivity index (χ0v) is 14.4. The van der Waals surface area contributed by atoms with Gasteiger partial charge in [-0.1, -0.05) is 19.3 Å². The Morgan fingerprint density at radius 3 is 2.27 bits per heavy atom. The Hall–Kier alpha value is -0.810. The molecule has 2 atom stereocenters. The molecule has 0 aromatic heterocycles. The number of rotatable bonds is 3. The highest BCUT2D eigenvalue weighted by molar-refractivity contribution is 5.68. The molecule has 22 heavy (non-hydrogen) atoms. The first-order valence-corrected chi connectivity index (χ1v) is 8.90. The van der Waals surface area contributed by atoms with E-state index in [0.717, 1.165) is 25.9 Å². The molecule has 2 aliphatic rings. The van der Waals surface area contributed by atoms with E-state index < -0.39 is 5.60 Å². The van der Waals surface area contributed by atoms with Crippen molar-refractivity contribution in [3.63, 3.8) is 0 Å². The van der Waals surface area contributed by atoms with Gasteiger partial charge in [0.2, 0.25) is 0 Å². The lowest BCUT2D eigenvalue weighted by Crippen LogP contribution is -2.54. The van der Waals surface area contributed by atoms with Crippen molar-refractivity contribution in [3.05, 3.63) is 0 Å². The maximum Gasteiger partial charge on any atom is 0.407 e. The maximum atomic E-state index is 12.1. The number of nitrogens with one attached hydrogen (secondary N) is 3. The van der Waals surface area contributed by atoms with Gasteiger partial charge < -0.3 is 20.7 Å². The Labute approximate surface area is 134 Å². The van der Waals surface area contributed by atoms with E-state index in [9.17, 15) is 4.79 Å². The van der Waals surface area contributed by atoms with Gasteiger partial charge in [0, 0.05) is 18.1 Å². The predicted octanol–water partition coefficient (Wildman–Crippen LogP) is 2.55. The second kappa shape index (κ2) is 8.16. The van der Waals surface area contributed by atoms with Crippen LogP contribution in [0.3, 0.4) is 0 Å². The molecule has 1 aliphatic heterocycles. The second-order valence-electron chi connectivity index (χ2n) is 7.69. The third kappa shape index (κ3) is 6.13. The molecular formula is C17H33N3O2. The number of hydrogen-bond acceptors (Lipinski definition) is 4. The quantitative estimate of drug-likeness (QED) is 0.701. The van der Waals surface area contributed by atoms with Gasteiger partial charge in [-0.2, -0.15) is 0 Å². The fraction of sp³-hybridized carbons (Fsp3) is 0.941. The van der Waals surface area contributed by atoms with Crippen LogP contribution in [-0.4, -0.2) is 42.9 Å². The first-order valence-electron chi connectivity index (χ1n) is 8.90. The Kier molecular flexibility index (Phi) is 6.50. The van der Waals surface area contributed by atoms with E-state index in [4.69, 9.17) is 4.74 Å². The van der Waals surface area contributed by atoms with Crippen molar-refractivity contribution in [2.45, 2.75) is 89.4 Å². The van der Waals surface area contributed by atoms with E-state index in [1.165, 1.54) is 32.1 Å². The molecule has 1 heterocycles. The third-order valence-corrected chi connectivity index (χ3v) is 4.51. The summed E-state index contributed by atoms with van der Waals surface area (Å²) in [5, 5.41) is 10.3. The van der Waals surface area contributed by atoms with Gasteiger partial charge in [0.1, 0.15) is 5.60 Å². The summed E-state index contributed by atoms with van der Waals surface area (Å²) in [6.07, 6.45) is 7.95. The summed E-state index contributed by atoms with van der Waals surface area (Å²) in [6, 6.07) is 1.14. The lowest BCUT2D eigenvalue weighted by molar-refractivity contribution is 0.0487. The minimum atomic E-state index is -0.438. The van der Waals surface area contributed by atoms with Crippen LogP contribution in [0.2, 0.25) is 0 Å². The molecule has 1 aliphatic carbocycles. The zero-order chi connectivity index (χ0) is 16.0. The van der Waals surface area contributed by atoms with Crippen LogP contribution in [0.4, 0.5) is 4.79 Å². The average molecular weight is 311 g/mol. The second-order valence-corrected chi connectivity index (χ2v) is 7.69. The van der Waals surface area contributed by atoms with Crippen molar-refractivity contribution in [2.75, 3.05) is 13.1 Å². The topological polar surface area (TPSA) is 62.4 Å². The van der Waals surface area contributed by atoms with Crippen molar-refractivity contribution in [1.29, 1.82) is 0 Å². The third-order valence-electron chi connectivity index (χ3n) is 4.51. The van der Waals surface area contributed by atoms with E-state index in [2.05, 4.69) is 16.0 Å². The monoisotopic (exact) mass is 311 g/mol. The van der Waals surface area contributed by atoms with Crippen LogP contribution in [-0.2, 0) is 4.74 Å². The highest BCUT2D eigenvalue weighted by Crippen LogP contribution is 2.20. The normalized spacial score (nSPS) is 28.0. The van der Waals surface area contributed by atoms with Crippen LogP contribution in [0, 0.1) is 0 Å². The first kappa shape index (κ1) is 17.5. The number of ether oxygens (including phenoxy) is 1. The van der Waals surface area contributed by atoms with E-state index >= 15 is 0 Å². The molecule has 1 saturated carbocycles. The summed E-state index contributed by atoms with van der Waals surface area (Å²) in [4.78, 5) is 12.1. The molecule has 5 heteroatoms. The Morgan fingerprint density at radius 1 is 1.00 bits per heavy atom. The summed E-state index contributed by atoms with van der Waals surface area (Å²) in [7, 11) is 0. The van der Waals surface area contributed by atoms with Gasteiger partial charge in [-0.3, -0.25) is 0 Å². The zero-order valence-electron chi connectivity index (χ0n) is 14.4. The molecule has 1 saturated heterocycles. The number of carbonyl (C=O) groups excluding carboxylic acids is 1. The van der Waals surface area contributed by atoms with Crippen LogP contribution in [0.1, 0.15) is 65.7 Å². The van der Waals surface area contributed by atoms with Gasteiger partial charge in [-0.15, -0.1) is 0 Å². The Morgan fingerprint density at radius 2 is 1.64 bits per heavy atom. The van der Waals surface area contributed by atoms with Gasteiger partial charge >= 0.3 is 6.09 Å². The van der Waals surface area contributed by atoms with Gasteiger partial charge in [-0.25, -0.2) is 4.79 Å². The molecule has 2 unspecified atom stereocenters. The summed E-state index contributed by atoms with van der Waals surface area (Å²) in [6.45, 7) is 7.91. The summed E-state index contributed by atoms with van der Waals surface area (Å²) in [5.74, 6) is 0. The van der Waals surface area contributed by atoms with Crippen molar-refractivity contribution in [2.24, 2.45) is 0 Å². The largest absolute Gasteiger partial charge is 0.444 e.